The first-order valence-corrected chi connectivity index (χ1v) is 5.47. The van der Waals surface area contributed by atoms with Crippen LogP contribution < -0.4 is 11.1 Å². The molecule has 1 rings (SSSR count). The first-order chi connectivity index (χ1) is 7.30. The Morgan fingerprint density at radius 2 is 1.81 bits per heavy atom. The van der Waals surface area contributed by atoms with E-state index in [0.29, 0.717) is 0 Å². The van der Waals surface area contributed by atoms with E-state index < -0.39 is 5.54 Å². The van der Waals surface area contributed by atoms with Crippen molar-refractivity contribution >= 4 is 5.91 Å². The van der Waals surface area contributed by atoms with Crippen LogP contribution in [-0.2, 0) is 4.79 Å². The molecule has 0 aliphatic heterocycles. The zero-order valence-corrected chi connectivity index (χ0v) is 10.4. The van der Waals surface area contributed by atoms with E-state index in [1.54, 1.807) is 13.8 Å². The van der Waals surface area contributed by atoms with Crippen LogP contribution in [0.15, 0.2) is 24.3 Å². The third-order valence-electron chi connectivity index (χ3n) is 2.51. The first-order valence-electron chi connectivity index (χ1n) is 5.47. The SMILES string of the molecule is Cc1ccc([C@H](C)NC(=O)C(C)(C)N)cc1. The molecule has 0 aliphatic rings. The molecule has 3 heteroatoms. The van der Waals surface area contributed by atoms with Gasteiger partial charge in [-0.25, -0.2) is 0 Å². The van der Waals surface area contributed by atoms with E-state index in [0.717, 1.165) is 5.56 Å². The normalized spacial score (nSPS) is 13.3. The summed E-state index contributed by atoms with van der Waals surface area (Å²) >= 11 is 0. The third kappa shape index (κ3) is 3.35. The van der Waals surface area contributed by atoms with Gasteiger partial charge in [-0.2, -0.15) is 0 Å². The average Bonchev–Trinajstić information content (AvgIpc) is 2.17. The molecule has 0 spiro atoms. The summed E-state index contributed by atoms with van der Waals surface area (Å²) in [6.45, 7) is 7.39. The molecule has 0 saturated carbocycles. The van der Waals surface area contributed by atoms with Crippen LogP contribution in [0.25, 0.3) is 0 Å². The van der Waals surface area contributed by atoms with E-state index in [9.17, 15) is 4.79 Å². The van der Waals surface area contributed by atoms with Gasteiger partial charge in [0.15, 0.2) is 0 Å². The molecule has 0 saturated heterocycles. The monoisotopic (exact) mass is 220 g/mol. The minimum atomic E-state index is -0.834. The highest BCUT2D eigenvalue weighted by Crippen LogP contribution is 2.13. The molecule has 3 N–H and O–H groups in total. The van der Waals surface area contributed by atoms with Gasteiger partial charge in [0.05, 0.1) is 11.6 Å². The van der Waals surface area contributed by atoms with Crippen molar-refractivity contribution in [2.75, 3.05) is 0 Å². The molecule has 0 heterocycles. The molecule has 0 aromatic heterocycles. The molecule has 1 amide bonds. The molecule has 1 aromatic rings. The second-order valence-corrected chi connectivity index (χ2v) is 4.83. The van der Waals surface area contributed by atoms with Crippen LogP contribution in [-0.4, -0.2) is 11.4 Å². The Morgan fingerprint density at radius 1 is 1.31 bits per heavy atom. The van der Waals surface area contributed by atoms with Crippen molar-refractivity contribution in [3.63, 3.8) is 0 Å². The number of nitrogens with two attached hydrogens (primary N) is 1. The molecule has 0 unspecified atom stereocenters. The molecule has 1 atom stereocenters. The predicted octanol–water partition coefficient (Wildman–Crippen LogP) is 1.91. The molecule has 1 aromatic carbocycles. The third-order valence-corrected chi connectivity index (χ3v) is 2.51. The van der Waals surface area contributed by atoms with Crippen molar-refractivity contribution in [1.82, 2.24) is 5.32 Å². The topological polar surface area (TPSA) is 55.1 Å². The van der Waals surface area contributed by atoms with Crippen molar-refractivity contribution in [1.29, 1.82) is 0 Å². The molecule has 88 valence electrons. The van der Waals surface area contributed by atoms with Crippen molar-refractivity contribution in [3.8, 4) is 0 Å². The maximum Gasteiger partial charge on any atom is 0.239 e. The maximum absolute atomic E-state index is 11.7. The highest BCUT2D eigenvalue weighted by atomic mass is 16.2. The first kappa shape index (κ1) is 12.7. The smallest absolute Gasteiger partial charge is 0.239 e. The lowest BCUT2D eigenvalue weighted by atomic mass is 10.0. The van der Waals surface area contributed by atoms with E-state index in [4.69, 9.17) is 5.73 Å². The van der Waals surface area contributed by atoms with E-state index in [1.807, 2.05) is 38.1 Å². The second-order valence-electron chi connectivity index (χ2n) is 4.83. The lowest BCUT2D eigenvalue weighted by Crippen LogP contribution is -2.49. The van der Waals surface area contributed by atoms with Crippen LogP contribution in [0, 0.1) is 6.92 Å². The Bertz CT molecular complexity index is 363. The molecule has 0 aliphatic carbocycles. The van der Waals surface area contributed by atoms with Gasteiger partial charge in [-0.15, -0.1) is 0 Å². The van der Waals surface area contributed by atoms with Crippen molar-refractivity contribution in [2.45, 2.75) is 39.3 Å². The maximum atomic E-state index is 11.7. The number of nitrogens with one attached hydrogen (secondary N) is 1. The summed E-state index contributed by atoms with van der Waals surface area (Å²) in [6, 6.07) is 8.08. The van der Waals surface area contributed by atoms with E-state index in [2.05, 4.69) is 5.32 Å². The molecule has 0 bridgehead atoms. The van der Waals surface area contributed by atoms with Gasteiger partial charge in [0.1, 0.15) is 0 Å². The molecule has 16 heavy (non-hydrogen) atoms. The number of aryl methyl sites for hydroxylation is 1. The van der Waals surface area contributed by atoms with Gasteiger partial charge in [-0.3, -0.25) is 4.79 Å². The number of amides is 1. The standard InChI is InChI=1S/C13H20N2O/c1-9-5-7-11(8-6-9)10(2)15-12(16)13(3,4)14/h5-8,10H,14H2,1-4H3,(H,15,16)/t10-/m0/s1. The number of carbonyl (C=O) groups is 1. The fourth-order valence-corrected chi connectivity index (χ4v) is 1.32. The molecular formula is C13H20N2O. The zero-order valence-electron chi connectivity index (χ0n) is 10.4. The van der Waals surface area contributed by atoms with Crippen LogP contribution in [0.4, 0.5) is 0 Å². The number of rotatable bonds is 3. The number of carbonyl (C=O) groups excluding carboxylic acids is 1. The summed E-state index contributed by atoms with van der Waals surface area (Å²) in [5.41, 5.74) is 7.18. The molecular weight excluding hydrogens is 200 g/mol. The van der Waals surface area contributed by atoms with Gasteiger partial charge in [0, 0.05) is 0 Å². The zero-order chi connectivity index (χ0) is 12.3. The summed E-state index contributed by atoms with van der Waals surface area (Å²) < 4.78 is 0. The van der Waals surface area contributed by atoms with Crippen LogP contribution >= 0.6 is 0 Å². The highest BCUT2D eigenvalue weighted by molar-refractivity contribution is 5.85. The summed E-state index contributed by atoms with van der Waals surface area (Å²) in [5.74, 6) is -0.138. The Morgan fingerprint density at radius 3 is 2.25 bits per heavy atom. The molecule has 0 radical (unpaired) electrons. The molecule has 0 fully saturated rings. The summed E-state index contributed by atoms with van der Waals surface area (Å²) in [4.78, 5) is 11.7. The Labute approximate surface area is 97.0 Å². The minimum Gasteiger partial charge on any atom is -0.348 e. The van der Waals surface area contributed by atoms with Crippen molar-refractivity contribution in [3.05, 3.63) is 35.4 Å². The highest BCUT2D eigenvalue weighted by Gasteiger charge is 2.23. The van der Waals surface area contributed by atoms with Gasteiger partial charge in [0.25, 0.3) is 0 Å². The van der Waals surface area contributed by atoms with Gasteiger partial charge in [-0.1, -0.05) is 29.8 Å². The lowest BCUT2D eigenvalue weighted by molar-refractivity contribution is -0.125. The Balaban J connectivity index is 2.69. The van der Waals surface area contributed by atoms with E-state index in [1.165, 1.54) is 5.56 Å². The van der Waals surface area contributed by atoms with Gasteiger partial charge in [0.2, 0.25) is 5.91 Å². The van der Waals surface area contributed by atoms with Crippen LogP contribution in [0.5, 0.6) is 0 Å². The Hall–Kier alpha value is -1.35. The fourth-order valence-electron chi connectivity index (χ4n) is 1.32. The van der Waals surface area contributed by atoms with Gasteiger partial charge < -0.3 is 11.1 Å². The van der Waals surface area contributed by atoms with E-state index in [-0.39, 0.29) is 11.9 Å². The van der Waals surface area contributed by atoms with Crippen LogP contribution in [0.3, 0.4) is 0 Å². The molecule has 3 nitrogen and oxygen atoms in total. The summed E-state index contributed by atoms with van der Waals surface area (Å²) in [5, 5.41) is 2.89. The number of hydrogen-bond donors (Lipinski definition) is 2. The lowest BCUT2D eigenvalue weighted by Gasteiger charge is -2.22. The number of hydrogen-bond acceptors (Lipinski definition) is 2. The van der Waals surface area contributed by atoms with Crippen LogP contribution in [0.2, 0.25) is 0 Å². The van der Waals surface area contributed by atoms with Crippen molar-refractivity contribution in [2.24, 2.45) is 5.73 Å². The average molecular weight is 220 g/mol. The van der Waals surface area contributed by atoms with Gasteiger partial charge >= 0.3 is 0 Å². The van der Waals surface area contributed by atoms with Crippen molar-refractivity contribution < 1.29 is 4.79 Å². The largest absolute Gasteiger partial charge is 0.348 e. The summed E-state index contributed by atoms with van der Waals surface area (Å²) in [7, 11) is 0. The summed E-state index contributed by atoms with van der Waals surface area (Å²) in [6.07, 6.45) is 0. The van der Waals surface area contributed by atoms with Crippen LogP contribution in [0.1, 0.15) is 37.9 Å². The van der Waals surface area contributed by atoms with E-state index >= 15 is 0 Å². The fraction of sp³-hybridized carbons (Fsp3) is 0.462. The number of benzene rings is 1. The second kappa shape index (κ2) is 4.66. The quantitative estimate of drug-likeness (QED) is 0.817. The Kier molecular flexibility index (Phi) is 3.70. The minimum absolute atomic E-state index is 0.0177. The predicted molar refractivity (Wildman–Crippen MR) is 66.0 cm³/mol. The van der Waals surface area contributed by atoms with Gasteiger partial charge in [-0.05, 0) is 33.3 Å².